The first-order valence-corrected chi connectivity index (χ1v) is 14.4. The Hall–Kier alpha value is -4.10. The van der Waals surface area contributed by atoms with E-state index in [2.05, 4.69) is 16.0 Å². The molecule has 0 fully saturated rings. The van der Waals surface area contributed by atoms with Crippen LogP contribution in [0.3, 0.4) is 0 Å². The van der Waals surface area contributed by atoms with Gasteiger partial charge in [-0.25, -0.2) is 4.79 Å². The lowest BCUT2D eigenvalue weighted by molar-refractivity contribution is -0.142. The summed E-state index contributed by atoms with van der Waals surface area (Å²) in [5.74, 6) is -3.56. The topological polar surface area (TPSA) is 214 Å². The molecule has 2 rings (SSSR count). The summed E-state index contributed by atoms with van der Waals surface area (Å²) in [7, 11) is 0. The first kappa shape index (κ1) is 33.1. The van der Waals surface area contributed by atoms with Crippen LogP contribution in [-0.4, -0.2) is 76.0 Å². The quantitative estimate of drug-likeness (QED) is 0.133. The van der Waals surface area contributed by atoms with Crippen molar-refractivity contribution in [2.75, 3.05) is 12.0 Å². The number of aliphatic carboxylic acids is 1. The van der Waals surface area contributed by atoms with Crippen LogP contribution in [0.1, 0.15) is 30.4 Å². The van der Waals surface area contributed by atoms with Crippen LogP contribution in [0.5, 0.6) is 5.75 Å². The number of aromatic hydroxyl groups is 1. The molecule has 0 bridgehead atoms. The van der Waals surface area contributed by atoms with Crippen LogP contribution in [-0.2, 0) is 36.8 Å². The van der Waals surface area contributed by atoms with Gasteiger partial charge in [0, 0.05) is 12.8 Å². The average molecular weight is 588 g/mol. The van der Waals surface area contributed by atoms with E-state index in [1.54, 1.807) is 12.1 Å². The summed E-state index contributed by atoms with van der Waals surface area (Å²) in [6, 6.07) is 10.6. The highest BCUT2D eigenvalue weighted by molar-refractivity contribution is 7.98. The molecule has 9 N–H and O–H groups in total. The maximum Gasteiger partial charge on any atom is 0.326 e. The number of benzene rings is 2. The maximum absolute atomic E-state index is 13.5. The lowest BCUT2D eigenvalue weighted by atomic mass is 10.0. The van der Waals surface area contributed by atoms with Crippen LogP contribution in [0.4, 0.5) is 0 Å². The summed E-state index contributed by atoms with van der Waals surface area (Å²) in [5, 5.41) is 26.8. The number of carbonyl (C=O) groups excluding carboxylic acids is 4. The van der Waals surface area contributed by atoms with Gasteiger partial charge in [0.2, 0.25) is 23.6 Å². The van der Waals surface area contributed by atoms with Crippen LogP contribution in [0.25, 0.3) is 0 Å². The number of hydrogen-bond donors (Lipinski definition) is 7. The fourth-order valence-electron chi connectivity index (χ4n) is 3.91. The van der Waals surface area contributed by atoms with Crippen molar-refractivity contribution in [3.63, 3.8) is 0 Å². The zero-order valence-electron chi connectivity index (χ0n) is 22.7. The SMILES string of the molecule is CSCCC(NC(=O)C(Cc1ccc(O)cc1)NC(=O)C(N)Cc1ccccc1)C(=O)NC(CCC(N)=O)C(=O)O. The van der Waals surface area contributed by atoms with E-state index in [0.717, 1.165) is 5.56 Å². The lowest BCUT2D eigenvalue weighted by Crippen LogP contribution is -2.58. The Morgan fingerprint density at radius 2 is 1.34 bits per heavy atom. The lowest BCUT2D eigenvalue weighted by Gasteiger charge is -2.25. The average Bonchev–Trinajstić information content (AvgIpc) is 2.93. The second-order valence-corrected chi connectivity index (χ2v) is 10.5. The number of hydrogen-bond acceptors (Lipinski definition) is 8. The van der Waals surface area contributed by atoms with Crippen molar-refractivity contribution in [3.05, 3.63) is 65.7 Å². The molecule has 0 spiro atoms. The van der Waals surface area contributed by atoms with E-state index in [4.69, 9.17) is 11.5 Å². The molecular weight excluding hydrogens is 550 g/mol. The largest absolute Gasteiger partial charge is 0.508 e. The molecule has 0 aliphatic carbocycles. The number of thioether (sulfide) groups is 1. The van der Waals surface area contributed by atoms with Crippen molar-refractivity contribution in [2.24, 2.45) is 11.5 Å². The van der Waals surface area contributed by atoms with Gasteiger partial charge in [-0.05, 0) is 54.5 Å². The number of rotatable bonds is 17. The molecule has 2 aromatic rings. The molecule has 0 heterocycles. The monoisotopic (exact) mass is 587 g/mol. The third-order valence-electron chi connectivity index (χ3n) is 6.18. The van der Waals surface area contributed by atoms with Gasteiger partial charge in [-0.2, -0.15) is 11.8 Å². The second-order valence-electron chi connectivity index (χ2n) is 9.48. The van der Waals surface area contributed by atoms with Crippen LogP contribution < -0.4 is 27.4 Å². The van der Waals surface area contributed by atoms with E-state index in [1.807, 2.05) is 36.6 Å². The van der Waals surface area contributed by atoms with Crippen molar-refractivity contribution < 1.29 is 34.2 Å². The van der Waals surface area contributed by atoms with Crippen LogP contribution >= 0.6 is 11.8 Å². The number of primary amides is 1. The highest BCUT2D eigenvalue weighted by atomic mass is 32.2. The van der Waals surface area contributed by atoms with E-state index in [9.17, 15) is 34.2 Å². The Bertz CT molecular complexity index is 1180. The molecule has 0 aromatic heterocycles. The van der Waals surface area contributed by atoms with E-state index in [-0.39, 0.29) is 37.9 Å². The van der Waals surface area contributed by atoms with Gasteiger partial charge in [0.25, 0.3) is 0 Å². The Balaban J connectivity index is 2.21. The summed E-state index contributed by atoms with van der Waals surface area (Å²) >= 11 is 1.42. The fraction of sp³-hybridized carbons (Fsp3) is 0.393. The smallest absolute Gasteiger partial charge is 0.326 e. The minimum atomic E-state index is -1.38. The van der Waals surface area contributed by atoms with E-state index in [1.165, 1.54) is 23.9 Å². The molecule has 13 heteroatoms. The molecule has 0 aliphatic rings. The Morgan fingerprint density at radius 1 is 0.780 bits per heavy atom. The molecule has 41 heavy (non-hydrogen) atoms. The number of carbonyl (C=O) groups is 5. The number of phenolic OH excluding ortho intramolecular Hbond substituents is 1. The first-order chi connectivity index (χ1) is 19.5. The molecule has 4 atom stereocenters. The van der Waals surface area contributed by atoms with Crippen molar-refractivity contribution in [2.45, 2.75) is 56.3 Å². The van der Waals surface area contributed by atoms with Crippen LogP contribution in [0.2, 0.25) is 0 Å². The Kier molecular flexibility index (Phi) is 13.6. The molecule has 0 saturated carbocycles. The molecule has 2 aromatic carbocycles. The number of nitrogens with one attached hydrogen (secondary N) is 3. The van der Waals surface area contributed by atoms with Gasteiger partial charge in [-0.3, -0.25) is 19.2 Å². The minimum Gasteiger partial charge on any atom is -0.508 e. The van der Waals surface area contributed by atoms with Gasteiger partial charge in [0.05, 0.1) is 6.04 Å². The molecule has 4 unspecified atom stereocenters. The van der Waals surface area contributed by atoms with E-state index in [0.29, 0.717) is 11.3 Å². The molecule has 4 amide bonds. The maximum atomic E-state index is 13.5. The molecule has 12 nitrogen and oxygen atoms in total. The summed E-state index contributed by atoms with van der Waals surface area (Å²) in [6.07, 6.45) is 1.80. The molecule has 0 aliphatic heterocycles. The van der Waals surface area contributed by atoms with Gasteiger partial charge in [-0.15, -0.1) is 0 Å². The Labute approximate surface area is 242 Å². The van der Waals surface area contributed by atoms with Crippen molar-refractivity contribution in [1.29, 1.82) is 0 Å². The first-order valence-electron chi connectivity index (χ1n) is 13.0. The zero-order valence-corrected chi connectivity index (χ0v) is 23.6. The molecule has 0 saturated heterocycles. The van der Waals surface area contributed by atoms with E-state index >= 15 is 0 Å². The Morgan fingerprint density at radius 3 is 1.93 bits per heavy atom. The molecule has 222 valence electrons. The number of carboxylic acids is 1. The van der Waals surface area contributed by atoms with Gasteiger partial charge in [0.15, 0.2) is 0 Å². The third kappa shape index (κ3) is 11.9. The molecular formula is C28H37N5O7S. The third-order valence-corrected chi connectivity index (χ3v) is 6.83. The van der Waals surface area contributed by atoms with Crippen molar-refractivity contribution >= 4 is 41.4 Å². The number of carboxylic acid groups (broad SMARTS) is 1. The fourth-order valence-corrected chi connectivity index (χ4v) is 4.38. The second kappa shape index (κ2) is 16.9. The normalized spacial score (nSPS) is 13.7. The van der Waals surface area contributed by atoms with Gasteiger partial charge in [0.1, 0.15) is 23.9 Å². The van der Waals surface area contributed by atoms with Crippen molar-refractivity contribution in [1.82, 2.24) is 16.0 Å². The predicted molar refractivity (Wildman–Crippen MR) is 155 cm³/mol. The number of nitrogens with two attached hydrogens (primary N) is 2. The standard InChI is InChI=1S/C28H37N5O7S/c1-41-14-13-21(26(37)32-22(28(39)40)11-12-24(30)35)31-27(38)23(16-18-7-9-19(34)10-8-18)33-25(36)20(29)15-17-5-3-2-4-6-17/h2-10,20-23,34H,11-16,29H2,1H3,(H2,30,35)(H,31,38)(H,32,37)(H,33,36)(H,39,40). The van der Waals surface area contributed by atoms with Gasteiger partial charge < -0.3 is 37.6 Å². The minimum absolute atomic E-state index is 0.0294. The van der Waals surface area contributed by atoms with Gasteiger partial charge in [-0.1, -0.05) is 42.5 Å². The highest BCUT2D eigenvalue weighted by Crippen LogP contribution is 2.13. The van der Waals surface area contributed by atoms with E-state index < -0.39 is 53.8 Å². The highest BCUT2D eigenvalue weighted by Gasteiger charge is 2.30. The summed E-state index contributed by atoms with van der Waals surface area (Å²) in [5.41, 5.74) is 12.7. The number of phenols is 1. The summed E-state index contributed by atoms with van der Waals surface area (Å²) in [4.78, 5) is 62.3. The van der Waals surface area contributed by atoms with Crippen molar-refractivity contribution in [3.8, 4) is 5.75 Å². The van der Waals surface area contributed by atoms with Gasteiger partial charge >= 0.3 is 5.97 Å². The summed E-state index contributed by atoms with van der Waals surface area (Å²) in [6.45, 7) is 0. The molecule has 0 radical (unpaired) electrons. The number of amides is 4. The zero-order chi connectivity index (χ0) is 30.4. The summed E-state index contributed by atoms with van der Waals surface area (Å²) < 4.78 is 0. The van der Waals surface area contributed by atoms with Crippen LogP contribution in [0, 0.1) is 0 Å². The predicted octanol–water partition coefficient (Wildman–Crippen LogP) is 0.0623. The van der Waals surface area contributed by atoms with Crippen LogP contribution in [0.15, 0.2) is 54.6 Å².